The van der Waals surface area contributed by atoms with Crippen LogP contribution in [0.2, 0.25) is 0 Å². The maximum atomic E-state index is 10.8. The SMILES string of the molecule is CC.CC.Cc1ccccc1S(N)(=O)=O. The molecule has 1 aromatic rings. The van der Waals surface area contributed by atoms with E-state index >= 15 is 0 Å². The van der Waals surface area contributed by atoms with Crippen LogP contribution < -0.4 is 5.14 Å². The molecule has 0 saturated carbocycles. The first-order chi connectivity index (χ1) is 7.02. The molecule has 0 atom stereocenters. The fourth-order valence-electron chi connectivity index (χ4n) is 0.876. The highest BCUT2D eigenvalue weighted by atomic mass is 32.2. The van der Waals surface area contributed by atoms with Gasteiger partial charge in [0.1, 0.15) is 0 Å². The third-order valence-corrected chi connectivity index (χ3v) is 2.47. The first-order valence-corrected chi connectivity index (χ1v) is 6.65. The Bertz CT molecular complexity index is 359. The second kappa shape index (κ2) is 8.44. The first kappa shape index (κ1) is 16.6. The molecule has 0 aliphatic rings. The van der Waals surface area contributed by atoms with Gasteiger partial charge in [0.05, 0.1) is 4.90 Å². The molecule has 0 aliphatic heterocycles. The van der Waals surface area contributed by atoms with Gasteiger partial charge in [-0.25, -0.2) is 13.6 Å². The van der Waals surface area contributed by atoms with Crippen molar-refractivity contribution in [3.8, 4) is 0 Å². The van der Waals surface area contributed by atoms with Gasteiger partial charge in [0.15, 0.2) is 0 Å². The number of sulfonamides is 1. The summed E-state index contributed by atoms with van der Waals surface area (Å²) in [6.07, 6.45) is 0. The summed E-state index contributed by atoms with van der Waals surface area (Å²) in [6, 6.07) is 6.61. The Labute approximate surface area is 93.4 Å². The van der Waals surface area contributed by atoms with Gasteiger partial charge < -0.3 is 0 Å². The average molecular weight is 231 g/mol. The van der Waals surface area contributed by atoms with Crippen LogP contribution in [0.15, 0.2) is 29.2 Å². The summed E-state index contributed by atoms with van der Waals surface area (Å²) in [5.74, 6) is 0. The van der Waals surface area contributed by atoms with Crippen LogP contribution in [-0.4, -0.2) is 8.42 Å². The van der Waals surface area contributed by atoms with Gasteiger partial charge in [-0.05, 0) is 18.6 Å². The lowest BCUT2D eigenvalue weighted by molar-refractivity contribution is 0.597. The Balaban J connectivity index is 0. The number of hydrogen-bond donors (Lipinski definition) is 1. The molecular formula is C11H21NO2S. The summed E-state index contributed by atoms with van der Waals surface area (Å²) >= 11 is 0. The van der Waals surface area contributed by atoms with Gasteiger partial charge in [-0.1, -0.05) is 45.9 Å². The van der Waals surface area contributed by atoms with Crippen molar-refractivity contribution in [1.82, 2.24) is 0 Å². The molecule has 0 unspecified atom stereocenters. The molecule has 2 N–H and O–H groups in total. The fraction of sp³-hybridized carbons (Fsp3) is 0.455. The third-order valence-electron chi connectivity index (χ3n) is 1.40. The number of aryl methyl sites for hydroxylation is 1. The molecule has 0 heterocycles. The van der Waals surface area contributed by atoms with Crippen molar-refractivity contribution >= 4 is 10.0 Å². The van der Waals surface area contributed by atoms with Crippen LogP contribution in [0, 0.1) is 6.92 Å². The van der Waals surface area contributed by atoms with Crippen molar-refractivity contribution in [3.05, 3.63) is 29.8 Å². The minimum Gasteiger partial charge on any atom is -0.225 e. The molecule has 15 heavy (non-hydrogen) atoms. The van der Waals surface area contributed by atoms with Crippen LogP contribution in [0.4, 0.5) is 0 Å². The predicted molar refractivity (Wildman–Crippen MR) is 65.2 cm³/mol. The van der Waals surface area contributed by atoms with Gasteiger partial charge in [-0.2, -0.15) is 0 Å². The van der Waals surface area contributed by atoms with Crippen molar-refractivity contribution in [2.24, 2.45) is 5.14 Å². The zero-order valence-electron chi connectivity index (χ0n) is 10.1. The van der Waals surface area contributed by atoms with Crippen molar-refractivity contribution in [2.75, 3.05) is 0 Å². The Kier molecular flexibility index (Phi) is 9.31. The molecule has 0 fully saturated rings. The van der Waals surface area contributed by atoms with Crippen LogP contribution >= 0.6 is 0 Å². The Hall–Kier alpha value is -0.870. The lowest BCUT2D eigenvalue weighted by Crippen LogP contribution is -2.13. The second-order valence-electron chi connectivity index (χ2n) is 2.31. The molecule has 0 amide bonds. The van der Waals surface area contributed by atoms with E-state index in [-0.39, 0.29) is 4.90 Å². The summed E-state index contributed by atoms with van der Waals surface area (Å²) in [5, 5.41) is 4.93. The van der Waals surface area contributed by atoms with Gasteiger partial charge in [0, 0.05) is 0 Å². The first-order valence-electron chi connectivity index (χ1n) is 5.10. The van der Waals surface area contributed by atoms with Crippen LogP contribution in [-0.2, 0) is 10.0 Å². The Morgan fingerprint density at radius 1 is 1.00 bits per heavy atom. The number of benzene rings is 1. The number of primary sulfonamides is 1. The van der Waals surface area contributed by atoms with Crippen LogP contribution in [0.5, 0.6) is 0 Å². The minimum absolute atomic E-state index is 0.194. The predicted octanol–water partition coefficient (Wildman–Crippen LogP) is 2.69. The molecule has 0 radical (unpaired) electrons. The van der Waals surface area contributed by atoms with E-state index in [0.717, 1.165) is 0 Å². The molecular weight excluding hydrogens is 210 g/mol. The monoisotopic (exact) mass is 231 g/mol. The number of rotatable bonds is 1. The summed E-state index contributed by atoms with van der Waals surface area (Å²) in [7, 11) is -3.53. The number of hydrogen-bond acceptors (Lipinski definition) is 2. The highest BCUT2D eigenvalue weighted by Gasteiger charge is 2.08. The highest BCUT2D eigenvalue weighted by molar-refractivity contribution is 7.89. The van der Waals surface area contributed by atoms with Crippen LogP contribution in [0.1, 0.15) is 33.3 Å². The normalized spacial score (nSPS) is 9.20. The van der Waals surface area contributed by atoms with E-state index < -0.39 is 10.0 Å². The highest BCUT2D eigenvalue weighted by Crippen LogP contribution is 2.10. The van der Waals surface area contributed by atoms with E-state index in [1.54, 1.807) is 25.1 Å². The van der Waals surface area contributed by atoms with Crippen molar-refractivity contribution in [3.63, 3.8) is 0 Å². The van der Waals surface area contributed by atoms with E-state index in [1.807, 2.05) is 27.7 Å². The van der Waals surface area contributed by atoms with E-state index in [2.05, 4.69) is 0 Å². The zero-order valence-corrected chi connectivity index (χ0v) is 10.9. The standard InChI is InChI=1S/C7H9NO2S.2C2H6/c1-6-4-2-3-5-7(6)11(8,9)10;2*1-2/h2-5H,1H3,(H2,8,9,10);2*1-2H3. The van der Waals surface area contributed by atoms with Crippen LogP contribution in [0.25, 0.3) is 0 Å². The van der Waals surface area contributed by atoms with E-state index in [0.29, 0.717) is 5.56 Å². The number of nitrogens with two attached hydrogens (primary N) is 1. The molecule has 1 aromatic carbocycles. The van der Waals surface area contributed by atoms with Gasteiger partial charge in [0.2, 0.25) is 10.0 Å². The van der Waals surface area contributed by atoms with Gasteiger partial charge in [-0.3, -0.25) is 0 Å². The lowest BCUT2D eigenvalue weighted by atomic mass is 10.2. The molecule has 0 aromatic heterocycles. The largest absolute Gasteiger partial charge is 0.238 e. The smallest absolute Gasteiger partial charge is 0.225 e. The van der Waals surface area contributed by atoms with Crippen molar-refractivity contribution < 1.29 is 8.42 Å². The Morgan fingerprint density at radius 2 is 1.40 bits per heavy atom. The molecule has 0 spiro atoms. The van der Waals surface area contributed by atoms with E-state index in [9.17, 15) is 8.42 Å². The average Bonchev–Trinajstić information content (AvgIpc) is 2.23. The summed E-state index contributed by atoms with van der Waals surface area (Å²) < 4.78 is 21.7. The van der Waals surface area contributed by atoms with Gasteiger partial charge in [-0.15, -0.1) is 0 Å². The summed E-state index contributed by atoms with van der Waals surface area (Å²) in [5.41, 5.74) is 0.676. The van der Waals surface area contributed by atoms with Crippen LogP contribution in [0.3, 0.4) is 0 Å². The molecule has 1 rings (SSSR count). The van der Waals surface area contributed by atoms with Crippen molar-refractivity contribution in [2.45, 2.75) is 39.5 Å². The maximum Gasteiger partial charge on any atom is 0.238 e. The second-order valence-corrected chi connectivity index (χ2v) is 3.84. The molecule has 88 valence electrons. The maximum absolute atomic E-state index is 10.8. The van der Waals surface area contributed by atoms with Gasteiger partial charge in [0.25, 0.3) is 0 Å². The van der Waals surface area contributed by atoms with E-state index in [1.165, 1.54) is 6.07 Å². The Morgan fingerprint density at radius 3 is 1.67 bits per heavy atom. The molecule has 4 heteroatoms. The molecule has 3 nitrogen and oxygen atoms in total. The van der Waals surface area contributed by atoms with Crippen molar-refractivity contribution in [1.29, 1.82) is 0 Å². The van der Waals surface area contributed by atoms with E-state index in [4.69, 9.17) is 5.14 Å². The third kappa shape index (κ3) is 6.25. The van der Waals surface area contributed by atoms with Gasteiger partial charge >= 0.3 is 0 Å². The summed E-state index contributed by atoms with van der Waals surface area (Å²) in [6.45, 7) is 9.71. The molecule has 0 saturated heterocycles. The topological polar surface area (TPSA) is 60.2 Å². The molecule has 0 aliphatic carbocycles. The lowest BCUT2D eigenvalue weighted by Gasteiger charge is -2.00. The summed E-state index contributed by atoms with van der Waals surface area (Å²) in [4.78, 5) is 0.194. The molecule has 0 bridgehead atoms. The quantitative estimate of drug-likeness (QED) is 0.807. The fourth-order valence-corrected chi connectivity index (χ4v) is 1.66. The zero-order chi connectivity index (χ0) is 12.5. The minimum atomic E-state index is -3.53.